The van der Waals surface area contributed by atoms with Crippen molar-refractivity contribution in [2.45, 2.75) is 6.92 Å². The van der Waals surface area contributed by atoms with Crippen LogP contribution in [0.4, 0.5) is 0 Å². The average molecular weight is 256 g/mol. The molecular formula is C13H12N4O2. The van der Waals surface area contributed by atoms with Gasteiger partial charge in [-0.1, -0.05) is 12.1 Å². The Balaban J connectivity index is 2.28. The highest BCUT2D eigenvalue weighted by molar-refractivity contribution is 5.72. The lowest BCUT2D eigenvalue weighted by atomic mass is 10.3. The fourth-order valence-electron chi connectivity index (χ4n) is 1.98. The fraction of sp³-hybridized carbons (Fsp3) is 0.154. The summed E-state index contributed by atoms with van der Waals surface area (Å²) in [7, 11) is 0. The number of hydrogen-bond acceptors (Lipinski definition) is 4. The fourth-order valence-corrected chi connectivity index (χ4v) is 1.98. The van der Waals surface area contributed by atoms with Gasteiger partial charge in [0.2, 0.25) is 0 Å². The van der Waals surface area contributed by atoms with Crippen LogP contribution in [0.15, 0.2) is 41.7 Å². The second-order valence-corrected chi connectivity index (χ2v) is 3.92. The van der Waals surface area contributed by atoms with Crippen molar-refractivity contribution in [1.29, 1.82) is 0 Å². The van der Waals surface area contributed by atoms with Crippen molar-refractivity contribution in [3.63, 3.8) is 0 Å². The van der Waals surface area contributed by atoms with Crippen LogP contribution >= 0.6 is 0 Å². The zero-order chi connectivity index (χ0) is 13.2. The number of imidazole rings is 1. The van der Waals surface area contributed by atoms with E-state index in [1.54, 1.807) is 10.9 Å². The van der Waals surface area contributed by atoms with Gasteiger partial charge >= 0.3 is 0 Å². The first-order valence-corrected chi connectivity index (χ1v) is 5.94. The number of nitrogens with zero attached hydrogens (tertiary/aromatic N) is 3. The van der Waals surface area contributed by atoms with Gasteiger partial charge in [0.05, 0.1) is 18.6 Å². The van der Waals surface area contributed by atoms with Crippen LogP contribution in [0.5, 0.6) is 5.75 Å². The van der Waals surface area contributed by atoms with Crippen LogP contribution in [0.2, 0.25) is 0 Å². The number of aromatic nitrogens is 4. The van der Waals surface area contributed by atoms with Gasteiger partial charge in [-0.05, 0) is 19.1 Å². The van der Waals surface area contributed by atoms with E-state index in [0.717, 1.165) is 5.69 Å². The molecule has 0 radical (unpaired) electrons. The van der Waals surface area contributed by atoms with Gasteiger partial charge in [0.15, 0.2) is 11.2 Å². The van der Waals surface area contributed by atoms with Crippen LogP contribution in [0.25, 0.3) is 16.9 Å². The zero-order valence-electron chi connectivity index (χ0n) is 10.3. The summed E-state index contributed by atoms with van der Waals surface area (Å²) in [5.74, 6) is 0.701. The molecule has 6 heteroatoms. The van der Waals surface area contributed by atoms with E-state index < -0.39 is 0 Å². The molecule has 2 heterocycles. The first-order chi connectivity index (χ1) is 9.31. The predicted octanol–water partition coefficient (Wildman–Crippen LogP) is 1.51. The summed E-state index contributed by atoms with van der Waals surface area (Å²) in [4.78, 5) is 22.6. The zero-order valence-corrected chi connectivity index (χ0v) is 10.3. The Morgan fingerprint density at radius 2 is 2.16 bits per heavy atom. The standard InChI is InChI=1S/C13H12N4O2/c1-2-19-10-6-4-3-5-9(10)17-8-16-12-11(17)13(18)15-7-14-12/h3-8H,2H2,1H3,(H,14,15,18). The first-order valence-electron chi connectivity index (χ1n) is 5.94. The Morgan fingerprint density at radius 3 is 3.00 bits per heavy atom. The molecule has 0 saturated carbocycles. The maximum absolute atomic E-state index is 11.9. The summed E-state index contributed by atoms with van der Waals surface area (Å²) in [6, 6.07) is 7.50. The maximum atomic E-state index is 11.9. The minimum atomic E-state index is -0.228. The summed E-state index contributed by atoms with van der Waals surface area (Å²) in [5.41, 5.74) is 1.36. The maximum Gasteiger partial charge on any atom is 0.277 e. The highest BCUT2D eigenvalue weighted by Gasteiger charge is 2.12. The summed E-state index contributed by atoms with van der Waals surface area (Å²) in [5, 5.41) is 0. The monoisotopic (exact) mass is 256 g/mol. The summed E-state index contributed by atoms with van der Waals surface area (Å²) < 4.78 is 7.25. The molecule has 0 unspecified atom stereocenters. The van der Waals surface area contributed by atoms with Crippen LogP contribution in [0.1, 0.15) is 6.92 Å². The number of para-hydroxylation sites is 2. The summed E-state index contributed by atoms with van der Waals surface area (Å²) >= 11 is 0. The van der Waals surface area contributed by atoms with E-state index in [1.165, 1.54) is 6.33 Å². The van der Waals surface area contributed by atoms with E-state index in [1.807, 2.05) is 31.2 Å². The number of ether oxygens (including phenoxy) is 1. The predicted molar refractivity (Wildman–Crippen MR) is 70.7 cm³/mol. The highest BCUT2D eigenvalue weighted by Crippen LogP contribution is 2.24. The van der Waals surface area contributed by atoms with Crippen LogP contribution in [-0.4, -0.2) is 26.1 Å². The van der Waals surface area contributed by atoms with Gasteiger partial charge in [-0.15, -0.1) is 0 Å². The van der Waals surface area contributed by atoms with Crippen LogP contribution in [-0.2, 0) is 0 Å². The van der Waals surface area contributed by atoms with Crippen molar-refractivity contribution in [1.82, 2.24) is 19.5 Å². The van der Waals surface area contributed by atoms with Crippen molar-refractivity contribution < 1.29 is 4.74 Å². The van der Waals surface area contributed by atoms with Crippen molar-refractivity contribution in [2.75, 3.05) is 6.61 Å². The minimum absolute atomic E-state index is 0.228. The molecule has 0 bridgehead atoms. The molecule has 96 valence electrons. The van der Waals surface area contributed by atoms with Crippen LogP contribution < -0.4 is 10.3 Å². The molecule has 3 aromatic rings. The minimum Gasteiger partial charge on any atom is -0.492 e. The Bertz CT molecular complexity index is 775. The SMILES string of the molecule is CCOc1ccccc1-n1cnc2nc[nH]c(=O)c21. The Hall–Kier alpha value is -2.63. The molecule has 0 aliphatic heterocycles. The lowest BCUT2D eigenvalue weighted by Gasteiger charge is -2.10. The van der Waals surface area contributed by atoms with E-state index in [0.29, 0.717) is 23.5 Å². The molecule has 19 heavy (non-hydrogen) atoms. The van der Waals surface area contributed by atoms with E-state index in [9.17, 15) is 4.79 Å². The molecule has 2 aromatic heterocycles. The number of nitrogens with one attached hydrogen (secondary N) is 1. The smallest absolute Gasteiger partial charge is 0.277 e. The Kier molecular flexibility index (Phi) is 2.75. The molecule has 0 atom stereocenters. The van der Waals surface area contributed by atoms with Gasteiger partial charge in [0.1, 0.15) is 12.1 Å². The van der Waals surface area contributed by atoms with Gasteiger partial charge in [-0.3, -0.25) is 9.36 Å². The number of aromatic amines is 1. The molecule has 0 spiro atoms. The number of benzene rings is 1. The molecule has 0 fully saturated rings. The molecular weight excluding hydrogens is 244 g/mol. The Labute approximate surface area is 108 Å². The highest BCUT2D eigenvalue weighted by atomic mass is 16.5. The number of H-pyrrole nitrogens is 1. The molecule has 0 amide bonds. The van der Waals surface area contributed by atoms with Gasteiger partial charge in [0.25, 0.3) is 5.56 Å². The van der Waals surface area contributed by atoms with E-state index >= 15 is 0 Å². The largest absolute Gasteiger partial charge is 0.492 e. The summed E-state index contributed by atoms with van der Waals surface area (Å²) in [6.45, 7) is 2.47. The van der Waals surface area contributed by atoms with Crippen molar-refractivity contribution in [2.24, 2.45) is 0 Å². The van der Waals surface area contributed by atoms with Crippen LogP contribution in [0.3, 0.4) is 0 Å². The number of rotatable bonds is 3. The van der Waals surface area contributed by atoms with Crippen molar-refractivity contribution >= 4 is 11.2 Å². The van der Waals surface area contributed by atoms with Gasteiger partial charge in [-0.25, -0.2) is 9.97 Å². The molecule has 6 nitrogen and oxygen atoms in total. The van der Waals surface area contributed by atoms with Crippen molar-refractivity contribution in [3.8, 4) is 11.4 Å². The first kappa shape index (κ1) is 11.5. The third-order valence-electron chi connectivity index (χ3n) is 2.77. The van der Waals surface area contributed by atoms with E-state index in [2.05, 4.69) is 15.0 Å². The second-order valence-electron chi connectivity index (χ2n) is 3.92. The summed E-state index contributed by atoms with van der Waals surface area (Å²) in [6.07, 6.45) is 2.92. The Morgan fingerprint density at radius 1 is 1.32 bits per heavy atom. The van der Waals surface area contributed by atoms with Gasteiger partial charge in [0, 0.05) is 0 Å². The molecule has 0 aliphatic rings. The van der Waals surface area contributed by atoms with Gasteiger partial charge in [-0.2, -0.15) is 0 Å². The third kappa shape index (κ3) is 1.87. The molecule has 1 aromatic carbocycles. The average Bonchev–Trinajstić information content (AvgIpc) is 2.85. The lowest BCUT2D eigenvalue weighted by Crippen LogP contribution is -2.10. The normalized spacial score (nSPS) is 10.8. The lowest BCUT2D eigenvalue weighted by molar-refractivity contribution is 0.339. The molecule has 0 saturated heterocycles. The molecule has 0 aliphatic carbocycles. The molecule has 3 rings (SSSR count). The number of hydrogen-bond donors (Lipinski definition) is 1. The topological polar surface area (TPSA) is 72.8 Å². The van der Waals surface area contributed by atoms with E-state index in [4.69, 9.17) is 4.74 Å². The third-order valence-corrected chi connectivity index (χ3v) is 2.77. The van der Waals surface area contributed by atoms with Gasteiger partial charge < -0.3 is 9.72 Å². The van der Waals surface area contributed by atoms with Crippen LogP contribution in [0, 0.1) is 0 Å². The van der Waals surface area contributed by atoms with Crippen molar-refractivity contribution in [3.05, 3.63) is 47.3 Å². The number of fused-ring (bicyclic) bond motifs is 1. The van der Waals surface area contributed by atoms with E-state index in [-0.39, 0.29) is 5.56 Å². The molecule has 1 N–H and O–H groups in total. The second kappa shape index (κ2) is 4.56. The quantitative estimate of drug-likeness (QED) is 0.770.